The maximum atomic E-state index is 13.0. The van der Waals surface area contributed by atoms with Crippen molar-refractivity contribution in [2.24, 2.45) is 0 Å². The maximum Gasteiger partial charge on any atom is 0.416 e. The van der Waals surface area contributed by atoms with E-state index in [1.165, 1.54) is 23.1 Å². The van der Waals surface area contributed by atoms with Crippen LogP contribution in [0.2, 0.25) is 16.6 Å². The Hall–Kier alpha value is -6.60. The van der Waals surface area contributed by atoms with Gasteiger partial charge in [0.2, 0.25) is 0 Å². The molecular formula is C57H58F6N4O2Si. The molecule has 0 radical (unpaired) electrons. The SMILES string of the molecule is CC(C)[Si](C(C)C)(C(C)C)n1cc(Cc2ccc(CC(=O)Cc3cccc(C(F)(F)F)c3)cc2)c2cccnc21.O=C(Cc1ccc(Cc2c[nH]c3ncccc23)cc1)Cc1cccc(C(F)(F)F)c1. The summed E-state index contributed by atoms with van der Waals surface area (Å²) in [7, 11) is -1.98. The lowest BCUT2D eigenvalue weighted by Gasteiger charge is -2.44. The summed E-state index contributed by atoms with van der Waals surface area (Å²) in [6, 6.07) is 33.7. The van der Waals surface area contributed by atoms with E-state index in [9.17, 15) is 35.9 Å². The van der Waals surface area contributed by atoms with Crippen LogP contribution in [0.4, 0.5) is 26.3 Å². The molecule has 0 aliphatic rings. The van der Waals surface area contributed by atoms with Gasteiger partial charge in [0.15, 0.2) is 8.24 Å². The second kappa shape index (κ2) is 21.6. The van der Waals surface area contributed by atoms with Crippen LogP contribution < -0.4 is 0 Å². The monoisotopic (exact) mass is 972 g/mol. The minimum absolute atomic E-state index is 0.0198. The van der Waals surface area contributed by atoms with E-state index in [4.69, 9.17) is 4.98 Å². The van der Waals surface area contributed by atoms with Crippen molar-refractivity contribution in [3.8, 4) is 0 Å². The second-order valence-electron chi connectivity index (χ2n) is 19.1. The molecule has 0 unspecified atom stereocenters. The predicted octanol–water partition coefficient (Wildman–Crippen LogP) is 14.6. The minimum Gasteiger partial charge on any atom is -0.358 e. The Bertz CT molecular complexity index is 3040. The van der Waals surface area contributed by atoms with Crippen molar-refractivity contribution in [3.05, 3.63) is 202 Å². The smallest absolute Gasteiger partial charge is 0.358 e. The number of carbonyl (C=O) groups is 2. The molecule has 0 aliphatic carbocycles. The number of carbonyl (C=O) groups excluding carboxylic acids is 2. The first-order chi connectivity index (χ1) is 33.2. The number of alkyl halides is 6. The van der Waals surface area contributed by atoms with E-state index < -0.39 is 31.7 Å². The predicted molar refractivity (Wildman–Crippen MR) is 268 cm³/mol. The number of nitrogens with one attached hydrogen (secondary N) is 1. The third-order valence-corrected chi connectivity index (χ3v) is 20.0. The molecule has 0 fully saturated rings. The van der Waals surface area contributed by atoms with E-state index >= 15 is 0 Å². The average Bonchev–Trinajstić information content (AvgIpc) is 3.88. The van der Waals surface area contributed by atoms with Crippen LogP contribution in [0, 0.1) is 0 Å². The summed E-state index contributed by atoms with van der Waals surface area (Å²) in [5, 5.41) is 2.26. The molecule has 70 heavy (non-hydrogen) atoms. The van der Waals surface area contributed by atoms with Crippen LogP contribution in [-0.2, 0) is 60.5 Å². The van der Waals surface area contributed by atoms with Crippen LogP contribution in [0.5, 0.6) is 0 Å². The summed E-state index contributed by atoms with van der Waals surface area (Å²) in [6.07, 6.45) is 0.922. The Morgan fingerprint density at radius 1 is 0.529 bits per heavy atom. The first kappa shape index (κ1) is 51.3. The molecule has 364 valence electrons. The van der Waals surface area contributed by atoms with Crippen LogP contribution in [0.15, 0.2) is 146 Å². The Balaban J connectivity index is 0.000000215. The normalized spacial score (nSPS) is 12.3. The number of benzene rings is 4. The molecule has 0 spiro atoms. The number of nitrogens with zero attached hydrogens (tertiary/aromatic N) is 3. The van der Waals surface area contributed by atoms with E-state index in [1.807, 2.05) is 79.1 Å². The maximum absolute atomic E-state index is 13.0. The Kier molecular flexibility index (Phi) is 15.8. The van der Waals surface area contributed by atoms with Gasteiger partial charge in [-0.2, -0.15) is 26.3 Å². The summed E-state index contributed by atoms with van der Waals surface area (Å²) in [6.45, 7) is 14.1. The Labute approximate surface area is 406 Å². The summed E-state index contributed by atoms with van der Waals surface area (Å²) in [5.74, 6) is -0.233. The second-order valence-corrected chi connectivity index (χ2v) is 24.9. The molecule has 0 bridgehead atoms. The van der Waals surface area contributed by atoms with Crippen molar-refractivity contribution in [3.63, 3.8) is 0 Å². The highest BCUT2D eigenvalue weighted by atomic mass is 28.3. The van der Waals surface area contributed by atoms with Crippen molar-refractivity contribution in [2.45, 2.75) is 109 Å². The number of aromatic amines is 1. The van der Waals surface area contributed by atoms with Crippen LogP contribution in [0.1, 0.15) is 97.2 Å². The van der Waals surface area contributed by atoms with Gasteiger partial charge in [-0.3, -0.25) is 9.59 Å². The van der Waals surface area contributed by atoms with Gasteiger partial charge in [-0.1, -0.05) is 126 Å². The first-order valence-corrected chi connectivity index (χ1v) is 25.8. The van der Waals surface area contributed by atoms with Crippen LogP contribution in [0.25, 0.3) is 22.1 Å². The molecule has 4 aromatic carbocycles. The summed E-state index contributed by atoms with van der Waals surface area (Å²) in [5.41, 5.74) is 9.19. The third kappa shape index (κ3) is 12.0. The zero-order valence-electron chi connectivity index (χ0n) is 40.3. The van der Waals surface area contributed by atoms with Gasteiger partial charge in [-0.05, 0) is 110 Å². The standard InChI is InChI=1S/C33H39F3N2OSi.C24H19F3N2O/c1-22(2)40(23(3)4,24(5)6)38-21-28(31-11-8-16-37-32(31)38)17-25-12-14-26(15-13-25)19-30(39)20-27-9-7-10-29(18-27)33(34,35)36;25-24(26,27)20-4-1-3-18(12-20)14-21(30)13-17-8-6-16(7-9-17)11-19-15-29-23-22(19)5-2-10-28-23/h7-16,18,21-24H,17,19-20H2,1-6H3;1-10,12,15H,11,13-14H2,(H,28,29). The largest absolute Gasteiger partial charge is 0.416 e. The number of hydrogen-bond donors (Lipinski definition) is 1. The van der Waals surface area contributed by atoms with Crippen molar-refractivity contribution >= 4 is 41.9 Å². The summed E-state index contributed by atoms with van der Waals surface area (Å²) in [4.78, 5) is 37.3. The Morgan fingerprint density at radius 2 is 0.957 bits per heavy atom. The van der Waals surface area contributed by atoms with Crippen LogP contribution in [-0.4, -0.2) is 39.0 Å². The molecule has 8 rings (SSSR count). The number of halogens is 6. The topological polar surface area (TPSA) is 80.6 Å². The van der Waals surface area contributed by atoms with E-state index in [0.717, 1.165) is 81.6 Å². The first-order valence-electron chi connectivity index (χ1n) is 23.6. The van der Waals surface area contributed by atoms with Crippen molar-refractivity contribution in [1.82, 2.24) is 19.2 Å². The van der Waals surface area contributed by atoms with Crippen molar-refractivity contribution < 1.29 is 35.9 Å². The zero-order chi connectivity index (χ0) is 50.4. The van der Waals surface area contributed by atoms with Gasteiger partial charge in [0.05, 0.1) is 11.1 Å². The molecule has 0 saturated heterocycles. The lowest BCUT2D eigenvalue weighted by Crippen LogP contribution is -2.51. The molecule has 4 heterocycles. The van der Waals surface area contributed by atoms with Gasteiger partial charge in [0, 0.05) is 61.2 Å². The highest BCUT2D eigenvalue weighted by Gasteiger charge is 2.46. The van der Waals surface area contributed by atoms with Gasteiger partial charge in [-0.15, -0.1) is 0 Å². The molecule has 0 aliphatic heterocycles. The number of hydrogen-bond acceptors (Lipinski definition) is 4. The fraction of sp³-hybridized carbons (Fsp3) is 0.298. The number of rotatable bonds is 16. The lowest BCUT2D eigenvalue weighted by molar-refractivity contribution is -0.138. The molecule has 0 amide bonds. The number of pyridine rings is 2. The summed E-state index contributed by atoms with van der Waals surface area (Å²) < 4.78 is 80.0. The fourth-order valence-electron chi connectivity index (χ4n) is 10.3. The van der Waals surface area contributed by atoms with Gasteiger partial charge in [0.1, 0.15) is 22.9 Å². The number of Topliss-reactive ketones (excluding diaryl/α,β-unsaturated/α-hetero) is 2. The molecule has 0 saturated carbocycles. The Morgan fingerprint density at radius 3 is 1.43 bits per heavy atom. The molecule has 4 aromatic heterocycles. The lowest BCUT2D eigenvalue weighted by atomic mass is 9.99. The van der Waals surface area contributed by atoms with Gasteiger partial charge in [-0.25, -0.2) is 9.97 Å². The van der Waals surface area contributed by atoms with E-state index in [0.29, 0.717) is 27.8 Å². The van der Waals surface area contributed by atoms with E-state index in [-0.39, 0.29) is 37.2 Å². The third-order valence-electron chi connectivity index (χ3n) is 13.3. The van der Waals surface area contributed by atoms with Crippen LogP contribution >= 0.6 is 0 Å². The van der Waals surface area contributed by atoms with E-state index in [2.05, 4.69) is 68.0 Å². The summed E-state index contributed by atoms with van der Waals surface area (Å²) >= 11 is 0. The number of fused-ring (bicyclic) bond motifs is 2. The molecule has 0 atom stereocenters. The molecule has 13 heteroatoms. The minimum atomic E-state index is -4.42. The highest BCUT2D eigenvalue weighted by molar-refractivity contribution is 6.82. The number of ketones is 2. The van der Waals surface area contributed by atoms with Crippen molar-refractivity contribution in [1.29, 1.82) is 0 Å². The highest BCUT2D eigenvalue weighted by Crippen LogP contribution is 2.45. The van der Waals surface area contributed by atoms with E-state index in [1.54, 1.807) is 18.3 Å². The number of H-pyrrole nitrogens is 1. The average molecular weight is 973 g/mol. The van der Waals surface area contributed by atoms with Gasteiger partial charge >= 0.3 is 12.4 Å². The molecule has 8 aromatic rings. The zero-order valence-corrected chi connectivity index (χ0v) is 41.3. The molecule has 6 nitrogen and oxygen atoms in total. The van der Waals surface area contributed by atoms with Gasteiger partial charge < -0.3 is 9.22 Å². The molecule has 1 N–H and O–H groups in total. The van der Waals surface area contributed by atoms with Crippen LogP contribution in [0.3, 0.4) is 0 Å². The van der Waals surface area contributed by atoms with Gasteiger partial charge in [0.25, 0.3) is 0 Å². The quantitative estimate of drug-likeness (QED) is 0.0773. The van der Waals surface area contributed by atoms with Crippen molar-refractivity contribution in [2.75, 3.05) is 0 Å². The number of aromatic nitrogens is 4. The fourth-order valence-corrected chi connectivity index (χ4v) is 16.9. The molecular weight excluding hydrogens is 915 g/mol.